The minimum atomic E-state index is -5.33. The summed E-state index contributed by atoms with van der Waals surface area (Å²) in [6.45, 7) is 1.78. The second kappa shape index (κ2) is 10.1. The molecule has 0 bridgehead atoms. The summed E-state index contributed by atoms with van der Waals surface area (Å²) in [7, 11) is -3.78. The molecule has 1 N–H and O–H groups in total. The molecular weight excluding hydrogens is 392 g/mol. The van der Waals surface area contributed by atoms with Gasteiger partial charge in [-0.05, 0) is 26.0 Å². The van der Waals surface area contributed by atoms with Crippen LogP contribution in [0.15, 0.2) is 24.4 Å². The molecular formula is C15H22F3N2O6P. The second-order valence-electron chi connectivity index (χ2n) is 5.03. The first kappa shape index (κ1) is 23.5. The monoisotopic (exact) mass is 414 g/mol. The van der Waals surface area contributed by atoms with E-state index in [0.717, 1.165) is 7.11 Å². The Morgan fingerprint density at radius 2 is 1.85 bits per heavy atom. The van der Waals surface area contributed by atoms with Gasteiger partial charge in [0.05, 0.1) is 26.9 Å². The minimum Gasteiger partial charge on any atom is -0.466 e. The zero-order valence-corrected chi connectivity index (χ0v) is 16.0. The maximum absolute atomic E-state index is 13.8. The van der Waals surface area contributed by atoms with Crippen molar-refractivity contribution in [3.8, 4) is 0 Å². The van der Waals surface area contributed by atoms with E-state index in [1.54, 1.807) is 23.3 Å². The quantitative estimate of drug-likeness (QED) is 0.336. The lowest BCUT2D eigenvalue weighted by atomic mass is 10.2. The highest BCUT2D eigenvalue weighted by Gasteiger charge is 2.66. The topological polar surface area (TPSA) is 96.0 Å². The fourth-order valence-electron chi connectivity index (χ4n) is 2.03. The molecule has 1 aromatic heterocycles. The number of methoxy groups -OCH3 is 1. The van der Waals surface area contributed by atoms with Crippen LogP contribution in [0, 0.1) is 0 Å². The van der Waals surface area contributed by atoms with Gasteiger partial charge in [-0.2, -0.15) is 18.3 Å². The Hall–Kier alpha value is -1.52. The van der Waals surface area contributed by atoms with E-state index >= 15 is 0 Å². The number of rotatable bonds is 11. The summed E-state index contributed by atoms with van der Waals surface area (Å²) in [5.41, 5.74) is -3.30. The fourth-order valence-corrected chi connectivity index (χ4v) is 3.58. The molecule has 0 amide bonds. The number of hydrogen-bond donors (Lipinski definition) is 1. The molecule has 1 aromatic rings. The zero-order valence-electron chi connectivity index (χ0n) is 15.1. The molecule has 12 heteroatoms. The molecule has 0 saturated heterocycles. The number of ether oxygens (including phenoxy) is 2. The Morgan fingerprint density at radius 1 is 1.22 bits per heavy atom. The van der Waals surface area contributed by atoms with Crippen LogP contribution in [-0.4, -0.2) is 49.8 Å². The average Bonchev–Trinajstić information content (AvgIpc) is 2.60. The van der Waals surface area contributed by atoms with Gasteiger partial charge in [0.25, 0.3) is 0 Å². The first-order chi connectivity index (χ1) is 12.6. The van der Waals surface area contributed by atoms with Crippen LogP contribution in [0.3, 0.4) is 0 Å². The Kier molecular flexibility index (Phi) is 8.83. The molecule has 8 nitrogen and oxygen atoms in total. The van der Waals surface area contributed by atoms with E-state index in [4.69, 9.17) is 13.8 Å². The lowest BCUT2D eigenvalue weighted by molar-refractivity contribution is -0.282. The number of pyridine rings is 1. The van der Waals surface area contributed by atoms with Crippen molar-refractivity contribution in [1.29, 1.82) is 0 Å². The van der Waals surface area contributed by atoms with E-state index in [-0.39, 0.29) is 19.6 Å². The second-order valence-corrected chi connectivity index (χ2v) is 6.77. The van der Waals surface area contributed by atoms with Gasteiger partial charge in [-0.1, -0.05) is 6.07 Å². The summed E-state index contributed by atoms with van der Waals surface area (Å²) in [6, 6.07) is 4.87. The molecule has 1 rings (SSSR count). The van der Waals surface area contributed by atoms with Gasteiger partial charge in [-0.25, -0.2) is 9.36 Å². The Bertz CT molecular complexity index is 636. The van der Waals surface area contributed by atoms with E-state index in [9.17, 15) is 22.5 Å². The van der Waals surface area contributed by atoms with Crippen LogP contribution in [-0.2, 0) is 34.3 Å². The van der Waals surface area contributed by atoms with E-state index < -0.39 is 32.2 Å². The zero-order chi connectivity index (χ0) is 20.6. The van der Waals surface area contributed by atoms with Crippen molar-refractivity contribution in [1.82, 2.24) is 10.1 Å². The van der Waals surface area contributed by atoms with Crippen molar-refractivity contribution in [3.05, 3.63) is 30.1 Å². The minimum absolute atomic E-state index is 0.0368. The van der Waals surface area contributed by atoms with E-state index in [2.05, 4.69) is 9.72 Å². The third-order valence-electron chi connectivity index (χ3n) is 3.17. The molecule has 1 unspecified atom stereocenters. The van der Waals surface area contributed by atoms with Crippen LogP contribution in [0.5, 0.6) is 0 Å². The molecule has 1 heterocycles. The van der Waals surface area contributed by atoms with Crippen LogP contribution in [0.2, 0.25) is 0 Å². The largest absolute Gasteiger partial charge is 0.466 e. The van der Waals surface area contributed by atoms with Crippen LogP contribution in [0.25, 0.3) is 0 Å². The highest BCUT2D eigenvalue weighted by atomic mass is 31.2. The summed E-state index contributed by atoms with van der Waals surface area (Å²) >= 11 is 0. The first-order valence-electron chi connectivity index (χ1n) is 8.01. The number of halogens is 3. The molecule has 0 fully saturated rings. The van der Waals surface area contributed by atoms with Crippen LogP contribution < -0.4 is 5.09 Å². The molecule has 0 spiro atoms. The summed E-state index contributed by atoms with van der Waals surface area (Å²) in [4.78, 5) is 16.0. The number of hydrogen-bond acceptors (Lipinski definition) is 7. The maximum atomic E-state index is 13.8. The van der Waals surface area contributed by atoms with Crippen molar-refractivity contribution in [2.75, 3.05) is 26.9 Å². The summed E-state index contributed by atoms with van der Waals surface area (Å²) in [6.07, 6.45) is -3.90. The molecule has 0 aliphatic heterocycles. The van der Waals surface area contributed by atoms with Crippen LogP contribution in [0.1, 0.15) is 19.5 Å². The van der Waals surface area contributed by atoms with Crippen molar-refractivity contribution >= 4 is 13.7 Å². The third-order valence-corrected chi connectivity index (χ3v) is 4.95. The van der Waals surface area contributed by atoms with Gasteiger partial charge in [0, 0.05) is 18.3 Å². The van der Waals surface area contributed by atoms with Gasteiger partial charge in [0.15, 0.2) is 0 Å². The Labute approximate surface area is 154 Å². The molecule has 154 valence electrons. The SMILES string of the molecule is CCOP(=O)(NC(OCCc1ccccn1)(C(=O)OC)C(F)(F)F)OCC. The van der Waals surface area contributed by atoms with Gasteiger partial charge >= 0.3 is 25.6 Å². The molecule has 0 radical (unpaired) electrons. The molecule has 0 aliphatic rings. The molecule has 0 aromatic carbocycles. The molecule has 27 heavy (non-hydrogen) atoms. The van der Waals surface area contributed by atoms with Crippen molar-refractivity contribution < 1.29 is 41.1 Å². The van der Waals surface area contributed by atoms with Gasteiger partial charge in [-0.3, -0.25) is 14.0 Å². The third kappa shape index (κ3) is 6.25. The highest BCUT2D eigenvalue weighted by molar-refractivity contribution is 7.51. The number of nitrogens with zero attached hydrogens (tertiary/aromatic N) is 1. The number of alkyl halides is 3. The van der Waals surface area contributed by atoms with E-state index in [1.165, 1.54) is 20.0 Å². The van der Waals surface area contributed by atoms with Crippen LogP contribution in [0.4, 0.5) is 13.2 Å². The lowest BCUT2D eigenvalue weighted by Crippen LogP contribution is -2.64. The van der Waals surface area contributed by atoms with Gasteiger partial charge in [0.2, 0.25) is 0 Å². The first-order valence-corrected chi connectivity index (χ1v) is 9.56. The van der Waals surface area contributed by atoms with Gasteiger partial charge < -0.3 is 9.47 Å². The van der Waals surface area contributed by atoms with E-state index in [1.807, 2.05) is 0 Å². The normalized spacial score (nSPS) is 14.6. The average molecular weight is 414 g/mol. The molecule has 1 atom stereocenters. The smallest absolute Gasteiger partial charge is 0.443 e. The van der Waals surface area contributed by atoms with Crippen LogP contribution >= 0.6 is 7.75 Å². The highest BCUT2D eigenvalue weighted by Crippen LogP contribution is 2.49. The number of carbonyl (C=O) groups is 1. The van der Waals surface area contributed by atoms with E-state index in [0.29, 0.717) is 5.69 Å². The number of aromatic nitrogens is 1. The maximum Gasteiger partial charge on any atom is 0.443 e. The van der Waals surface area contributed by atoms with Crippen molar-refractivity contribution in [3.63, 3.8) is 0 Å². The predicted molar refractivity (Wildman–Crippen MR) is 88.7 cm³/mol. The summed E-state index contributed by atoms with van der Waals surface area (Å²) in [5.74, 6) is -1.84. The molecule has 0 aliphatic carbocycles. The number of esters is 1. The standard InChI is InChI=1S/C15H22F3N2O6P/c1-4-25-27(22,26-5-2)20-14(13(21)23-3,15(16,17)18)24-11-9-12-8-6-7-10-19-12/h6-8,10H,4-5,9,11H2,1-3H3,(H,20,22). The molecule has 0 saturated carbocycles. The fraction of sp³-hybridized carbons (Fsp3) is 0.600. The lowest BCUT2D eigenvalue weighted by Gasteiger charge is -2.35. The summed E-state index contributed by atoms with van der Waals surface area (Å²) < 4.78 is 72.7. The number of nitrogens with one attached hydrogen (secondary N) is 1. The summed E-state index contributed by atoms with van der Waals surface area (Å²) in [5, 5.41) is 1.59. The Balaban J connectivity index is 3.16. The van der Waals surface area contributed by atoms with Gasteiger partial charge in [-0.15, -0.1) is 0 Å². The number of carbonyl (C=O) groups excluding carboxylic acids is 1. The van der Waals surface area contributed by atoms with Crippen molar-refractivity contribution in [2.45, 2.75) is 32.2 Å². The van der Waals surface area contributed by atoms with Crippen molar-refractivity contribution in [2.24, 2.45) is 0 Å². The van der Waals surface area contributed by atoms with Gasteiger partial charge in [0.1, 0.15) is 0 Å². The Morgan fingerprint density at radius 3 is 2.30 bits per heavy atom. The predicted octanol–water partition coefficient (Wildman–Crippen LogP) is 2.84.